The number of carbonyl (C=O) groups is 1. The third-order valence-corrected chi connectivity index (χ3v) is 4.03. The van der Waals surface area contributed by atoms with Crippen LogP contribution < -0.4 is 4.74 Å². The Balaban J connectivity index is 2.35. The fraction of sp³-hybridized carbons (Fsp3) is 0.417. The highest BCUT2D eigenvalue weighted by molar-refractivity contribution is 8.13. The predicted octanol–water partition coefficient (Wildman–Crippen LogP) is 2.04. The smallest absolute Gasteiger partial charge is 0.317 e. The molecule has 1 aromatic rings. The van der Waals surface area contributed by atoms with Crippen molar-refractivity contribution in [3.63, 3.8) is 0 Å². The van der Waals surface area contributed by atoms with Crippen LogP contribution in [-0.2, 0) is 18.6 Å². The average molecular weight is 305 g/mol. The molecule has 7 heteroatoms. The summed E-state index contributed by atoms with van der Waals surface area (Å²) >= 11 is 0. The van der Waals surface area contributed by atoms with E-state index in [0.717, 1.165) is 0 Å². The Morgan fingerprint density at radius 1 is 1.47 bits per heavy atom. The Hall–Kier alpha value is -1.27. The Morgan fingerprint density at radius 3 is 2.74 bits per heavy atom. The molecule has 1 heterocycles. The lowest BCUT2D eigenvalue weighted by Crippen LogP contribution is -2.20. The fourth-order valence-electron chi connectivity index (χ4n) is 1.85. The third-order valence-electron chi connectivity index (χ3n) is 2.68. The largest absolute Gasteiger partial charge is 0.492 e. The standard InChI is InChI=1S/C12H13ClO5S/c1-7(2)18-12(14)10-6-17-11-4-3-8(5-9(10)11)19(13,15)16/h3-5,7,10H,6H2,1-2H3. The van der Waals surface area contributed by atoms with E-state index < -0.39 is 20.9 Å². The van der Waals surface area contributed by atoms with Gasteiger partial charge in [-0.05, 0) is 32.0 Å². The summed E-state index contributed by atoms with van der Waals surface area (Å²) in [5.41, 5.74) is 0.493. The zero-order valence-electron chi connectivity index (χ0n) is 10.4. The van der Waals surface area contributed by atoms with Gasteiger partial charge < -0.3 is 9.47 Å². The zero-order chi connectivity index (χ0) is 14.2. The van der Waals surface area contributed by atoms with E-state index in [2.05, 4.69) is 0 Å². The molecule has 0 amide bonds. The van der Waals surface area contributed by atoms with Gasteiger partial charge in [-0.1, -0.05) is 0 Å². The molecular weight excluding hydrogens is 292 g/mol. The molecule has 0 aliphatic carbocycles. The van der Waals surface area contributed by atoms with Crippen LogP contribution in [0.4, 0.5) is 0 Å². The van der Waals surface area contributed by atoms with Gasteiger partial charge in [0.15, 0.2) is 0 Å². The highest BCUT2D eigenvalue weighted by Gasteiger charge is 2.33. The van der Waals surface area contributed by atoms with E-state index >= 15 is 0 Å². The number of ether oxygens (including phenoxy) is 2. The summed E-state index contributed by atoms with van der Waals surface area (Å²) in [6.07, 6.45) is -0.239. The van der Waals surface area contributed by atoms with Crippen LogP contribution >= 0.6 is 10.7 Å². The van der Waals surface area contributed by atoms with Crippen molar-refractivity contribution in [1.82, 2.24) is 0 Å². The number of benzene rings is 1. The van der Waals surface area contributed by atoms with E-state index in [-0.39, 0.29) is 17.6 Å². The van der Waals surface area contributed by atoms with E-state index in [4.69, 9.17) is 20.2 Å². The summed E-state index contributed by atoms with van der Waals surface area (Å²) in [6, 6.07) is 4.20. The number of hydrogen-bond acceptors (Lipinski definition) is 5. The van der Waals surface area contributed by atoms with Crippen molar-refractivity contribution in [2.24, 2.45) is 0 Å². The molecule has 0 radical (unpaired) electrons. The number of esters is 1. The summed E-state index contributed by atoms with van der Waals surface area (Å²) in [6.45, 7) is 3.63. The zero-order valence-corrected chi connectivity index (χ0v) is 12.0. The van der Waals surface area contributed by atoms with Gasteiger partial charge in [0.2, 0.25) is 0 Å². The van der Waals surface area contributed by atoms with E-state index in [1.807, 2.05) is 0 Å². The Morgan fingerprint density at radius 2 is 2.16 bits per heavy atom. The molecular formula is C12H13ClO5S. The lowest BCUT2D eigenvalue weighted by Gasteiger charge is -2.12. The molecule has 1 unspecified atom stereocenters. The lowest BCUT2D eigenvalue weighted by atomic mass is 10.0. The van der Waals surface area contributed by atoms with Crippen LogP contribution in [0.2, 0.25) is 0 Å². The molecule has 2 rings (SSSR count). The molecule has 0 bridgehead atoms. The maximum absolute atomic E-state index is 11.9. The number of carbonyl (C=O) groups excluding carboxylic acids is 1. The van der Waals surface area contributed by atoms with Crippen LogP contribution in [0.15, 0.2) is 23.1 Å². The minimum Gasteiger partial charge on any atom is -0.492 e. The van der Waals surface area contributed by atoms with Crippen molar-refractivity contribution in [3.8, 4) is 5.75 Å². The van der Waals surface area contributed by atoms with Gasteiger partial charge in [-0.15, -0.1) is 0 Å². The van der Waals surface area contributed by atoms with Crippen molar-refractivity contribution in [2.75, 3.05) is 6.61 Å². The molecule has 0 fully saturated rings. The lowest BCUT2D eigenvalue weighted by molar-refractivity contribution is -0.149. The second-order valence-corrected chi connectivity index (χ2v) is 7.05. The summed E-state index contributed by atoms with van der Waals surface area (Å²) in [4.78, 5) is 11.8. The predicted molar refractivity (Wildman–Crippen MR) is 68.9 cm³/mol. The van der Waals surface area contributed by atoms with Crippen molar-refractivity contribution < 1.29 is 22.7 Å². The molecule has 0 spiro atoms. The average Bonchev–Trinajstić information content (AvgIpc) is 2.69. The Kier molecular flexibility index (Phi) is 3.73. The van der Waals surface area contributed by atoms with Crippen molar-refractivity contribution >= 4 is 25.7 Å². The normalized spacial score (nSPS) is 18.0. The molecule has 104 valence electrons. The van der Waals surface area contributed by atoms with Gasteiger partial charge in [0, 0.05) is 16.2 Å². The second kappa shape index (κ2) is 5.02. The van der Waals surface area contributed by atoms with Gasteiger partial charge in [0.1, 0.15) is 18.3 Å². The van der Waals surface area contributed by atoms with Crippen LogP contribution in [0.1, 0.15) is 25.3 Å². The fourth-order valence-corrected chi connectivity index (χ4v) is 2.64. The molecule has 1 aromatic carbocycles. The number of fused-ring (bicyclic) bond motifs is 1. The molecule has 0 saturated heterocycles. The van der Waals surface area contributed by atoms with Gasteiger partial charge in [-0.25, -0.2) is 8.42 Å². The molecule has 1 atom stereocenters. The highest BCUT2D eigenvalue weighted by atomic mass is 35.7. The van der Waals surface area contributed by atoms with Crippen LogP contribution in [0.25, 0.3) is 0 Å². The molecule has 0 N–H and O–H groups in total. The molecule has 0 saturated carbocycles. The first kappa shape index (κ1) is 14.1. The topological polar surface area (TPSA) is 69.7 Å². The quantitative estimate of drug-likeness (QED) is 0.631. The summed E-state index contributed by atoms with van der Waals surface area (Å²) in [7, 11) is 1.46. The van der Waals surface area contributed by atoms with Gasteiger partial charge >= 0.3 is 5.97 Å². The van der Waals surface area contributed by atoms with Gasteiger partial charge in [0.25, 0.3) is 9.05 Å². The first-order chi connectivity index (χ1) is 8.79. The highest BCUT2D eigenvalue weighted by Crippen LogP contribution is 2.36. The van der Waals surface area contributed by atoms with Gasteiger partial charge in [-0.2, -0.15) is 0 Å². The van der Waals surface area contributed by atoms with Crippen LogP contribution in [0.5, 0.6) is 5.75 Å². The molecule has 19 heavy (non-hydrogen) atoms. The van der Waals surface area contributed by atoms with Crippen LogP contribution in [-0.4, -0.2) is 27.1 Å². The second-order valence-electron chi connectivity index (χ2n) is 4.49. The summed E-state index contributed by atoms with van der Waals surface area (Å²) < 4.78 is 33.0. The Bertz CT molecular complexity index is 609. The molecule has 0 aromatic heterocycles. The van der Waals surface area contributed by atoms with Crippen LogP contribution in [0, 0.1) is 0 Å². The van der Waals surface area contributed by atoms with Crippen LogP contribution in [0.3, 0.4) is 0 Å². The minimum absolute atomic E-state index is 0.0548. The van der Waals surface area contributed by atoms with E-state index in [9.17, 15) is 13.2 Å². The van der Waals surface area contributed by atoms with Crippen molar-refractivity contribution in [2.45, 2.75) is 30.8 Å². The van der Waals surface area contributed by atoms with Crippen molar-refractivity contribution in [3.05, 3.63) is 23.8 Å². The maximum Gasteiger partial charge on any atom is 0.317 e. The van der Waals surface area contributed by atoms with E-state index in [0.29, 0.717) is 11.3 Å². The number of rotatable bonds is 3. The molecule has 1 aliphatic heterocycles. The molecule has 1 aliphatic rings. The number of halogens is 1. The summed E-state index contributed by atoms with van der Waals surface area (Å²) in [5, 5.41) is 0. The maximum atomic E-state index is 11.9. The van der Waals surface area contributed by atoms with Gasteiger partial charge in [-0.3, -0.25) is 4.79 Å². The molecule has 5 nitrogen and oxygen atoms in total. The van der Waals surface area contributed by atoms with E-state index in [1.54, 1.807) is 13.8 Å². The monoisotopic (exact) mass is 304 g/mol. The van der Waals surface area contributed by atoms with E-state index in [1.165, 1.54) is 18.2 Å². The first-order valence-corrected chi connectivity index (χ1v) is 8.02. The third kappa shape index (κ3) is 3.01. The Labute approximate surface area is 115 Å². The number of hydrogen-bond donors (Lipinski definition) is 0. The van der Waals surface area contributed by atoms with Crippen molar-refractivity contribution in [1.29, 1.82) is 0 Å². The van der Waals surface area contributed by atoms with Gasteiger partial charge in [0.05, 0.1) is 11.0 Å². The summed E-state index contributed by atoms with van der Waals surface area (Å²) in [5.74, 6) is -0.566. The minimum atomic E-state index is -3.83. The first-order valence-electron chi connectivity index (χ1n) is 5.71. The SMILES string of the molecule is CC(C)OC(=O)C1COc2ccc(S(=O)(=O)Cl)cc21.